The molecule has 192 valence electrons. The molecule has 2 atom stereocenters. The number of hydrogen-bond donors (Lipinski definition) is 1. The zero-order valence-corrected chi connectivity index (χ0v) is 20.8. The highest BCUT2D eigenvalue weighted by Gasteiger charge is 2.48. The van der Waals surface area contributed by atoms with Crippen molar-refractivity contribution < 1.29 is 23.0 Å². The lowest BCUT2D eigenvalue weighted by atomic mass is 10.1. The number of nitrogens with zero attached hydrogens (tertiary/aromatic N) is 5. The molecule has 1 N–H and O–H groups in total. The Hall–Kier alpha value is -2.95. The summed E-state index contributed by atoms with van der Waals surface area (Å²) in [6, 6.07) is 10.4. The number of fused-ring (bicyclic) bond motifs is 2. The third kappa shape index (κ3) is 4.98. The lowest BCUT2D eigenvalue weighted by Crippen LogP contribution is -2.39. The fourth-order valence-electron chi connectivity index (χ4n) is 4.64. The molecule has 1 aliphatic heterocycles. The standard InChI is InChI=1S/C25H26F3N5O2.ClH/c1-15(2)35-19-6-4-5-16-7-9-18(29-21(16)19)23-31-30-20-10-8-17(13-33(20)23)22(25(26,27)28)32-12-11-24(3,34)14-32;/h4-10,13,15,22,34H,11-12,14H2,1-3H3;1H/t22-,24?;/m0./s1. The normalized spacial score (nSPS) is 19.7. The van der Waals surface area contributed by atoms with E-state index in [9.17, 15) is 18.3 Å². The van der Waals surface area contributed by atoms with E-state index in [1.54, 1.807) is 13.0 Å². The van der Waals surface area contributed by atoms with Gasteiger partial charge in [0.25, 0.3) is 0 Å². The first-order valence-electron chi connectivity index (χ1n) is 11.5. The van der Waals surface area contributed by atoms with Gasteiger partial charge in [0.2, 0.25) is 0 Å². The fourth-order valence-corrected chi connectivity index (χ4v) is 4.64. The predicted molar refractivity (Wildman–Crippen MR) is 132 cm³/mol. The Kier molecular flexibility index (Phi) is 6.89. The molecule has 0 amide bonds. The van der Waals surface area contributed by atoms with E-state index in [2.05, 4.69) is 10.2 Å². The van der Waals surface area contributed by atoms with Crippen molar-refractivity contribution in [1.82, 2.24) is 24.5 Å². The van der Waals surface area contributed by atoms with Crippen molar-refractivity contribution in [3.05, 3.63) is 54.2 Å². The maximum absolute atomic E-state index is 14.2. The quantitative estimate of drug-likeness (QED) is 0.388. The fraction of sp³-hybridized carbons (Fsp3) is 0.400. The van der Waals surface area contributed by atoms with Crippen LogP contribution in [0.15, 0.2) is 48.7 Å². The van der Waals surface area contributed by atoms with E-state index in [1.165, 1.54) is 27.6 Å². The number of halogens is 4. The second kappa shape index (κ2) is 9.49. The number of hydrogen-bond acceptors (Lipinski definition) is 6. The number of aromatic nitrogens is 4. The lowest BCUT2D eigenvalue weighted by Gasteiger charge is -2.30. The van der Waals surface area contributed by atoms with Crippen LogP contribution in [0, 0.1) is 0 Å². The summed E-state index contributed by atoms with van der Waals surface area (Å²) in [5.74, 6) is 0.949. The van der Waals surface area contributed by atoms with E-state index in [4.69, 9.17) is 9.72 Å². The summed E-state index contributed by atoms with van der Waals surface area (Å²) in [4.78, 5) is 6.00. The molecule has 1 aliphatic rings. The van der Waals surface area contributed by atoms with E-state index in [1.807, 2.05) is 38.1 Å². The van der Waals surface area contributed by atoms with Crippen LogP contribution in [0.3, 0.4) is 0 Å². The first kappa shape index (κ1) is 26.1. The van der Waals surface area contributed by atoms with Crippen molar-refractivity contribution in [3.63, 3.8) is 0 Å². The van der Waals surface area contributed by atoms with Crippen molar-refractivity contribution in [3.8, 4) is 17.3 Å². The van der Waals surface area contributed by atoms with Gasteiger partial charge in [-0.15, -0.1) is 22.6 Å². The summed E-state index contributed by atoms with van der Waals surface area (Å²) in [6.07, 6.45) is -2.88. The molecule has 7 nitrogen and oxygen atoms in total. The van der Waals surface area contributed by atoms with Gasteiger partial charge in [0.05, 0.1) is 11.7 Å². The molecule has 0 aliphatic carbocycles. The van der Waals surface area contributed by atoms with E-state index in [-0.39, 0.29) is 43.6 Å². The SMILES string of the molecule is CC(C)Oc1cccc2ccc(-c3nnc4ccc([C@H](N5CCC(C)(O)C5)C(F)(F)F)cn34)nc12.Cl. The van der Waals surface area contributed by atoms with Crippen LogP contribution in [-0.4, -0.2) is 60.6 Å². The summed E-state index contributed by atoms with van der Waals surface area (Å²) in [7, 11) is 0. The Labute approximate surface area is 212 Å². The van der Waals surface area contributed by atoms with Gasteiger partial charge in [-0.2, -0.15) is 13.2 Å². The molecule has 1 aromatic carbocycles. The maximum atomic E-state index is 14.2. The van der Waals surface area contributed by atoms with Gasteiger partial charge < -0.3 is 9.84 Å². The van der Waals surface area contributed by atoms with Crippen molar-refractivity contribution in [2.45, 2.75) is 51.1 Å². The van der Waals surface area contributed by atoms with Crippen molar-refractivity contribution in [2.75, 3.05) is 13.1 Å². The molecule has 0 radical (unpaired) electrons. The molecular weight excluding hydrogens is 495 g/mol. The molecule has 1 unspecified atom stereocenters. The summed E-state index contributed by atoms with van der Waals surface area (Å²) < 4.78 is 50.0. The Morgan fingerprint density at radius 1 is 1.08 bits per heavy atom. The summed E-state index contributed by atoms with van der Waals surface area (Å²) >= 11 is 0. The average Bonchev–Trinajstić information content (AvgIpc) is 3.35. The van der Waals surface area contributed by atoms with E-state index in [0.717, 1.165) is 5.39 Å². The minimum absolute atomic E-state index is 0. The second-order valence-electron chi connectivity index (χ2n) is 9.57. The van der Waals surface area contributed by atoms with Crippen LogP contribution in [0.5, 0.6) is 5.75 Å². The molecular formula is C25H27ClF3N5O2. The monoisotopic (exact) mass is 521 g/mol. The zero-order valence-electron chi connectivity index (χ0n) is 20.0. The van der Waals surface area contributed by atoms with Crippen molar-refractivity contribution in [1.29, 1.82) is 0 Å². The highest BCUT2D eigenvalue weighted by atomic mass is 35.5. The van der Waals surface area contributed by atoms with E-state index < -0.39 is 17.8 Å². The Morgan fingerprint density at radius 3 is 2.53 bits per heavy atom. The molecule has 0 saturated carbocycles. The number of alkyl halides is 3. The smallest absolute Gasteiger partial charge is 0.408 e. The number of ether oxygens (including phenoxy) is 1. The lowest BCUT2D eigenvalue weighted by molar-refractivity contribution is -0.185. The van der Waals surface area contributed by atoms with Crippen LogP contribution in [-0.2, 0) is 0 Å². The Morgan fingerprint density at radius 2 is 1.86 bits per heavy atom. The molecule has 0 spiro atoms. The van der Waals surface area contributed by atoms with Crippen molar-refractivity contribution in [2.24, 2.45) is 0 Å². The van der Waals surface area contributed by atoms with Crippen LogP contribution < -0.4 is 4.74 Å². The highest BCUT2D eigenvalue weighted by molar-refractivity contribution is 5.86. The number of benzene rings is 1. The van der Waals surface area contributed by atoms with Crippen LogP contribution in [0.2, 0.25) is 0 Å². The zero-order chi connectivity index (χ0) is 25.0. The highest BCUT2D eigenvalue weighted by Crippen LogP contribution is 2.41. The van der Waals surface area contributed by atoms with Gasteiger partial charge >= 0.3 is 6.18 Å². The molecule has 0 bridgehead atoms. The van der Waals surface area contributed by atoms with Gasteiger partial charge in [0.15, 0.2) is 11.5 Å². The maximum Gasteiger partial charge on any atom is 0.408 e. The molecule has 5 rings (SSSR count). The molecule has 4 aromatic rings. The van der Waals surface area contributed by atoms with Crippen LogP contribution >= 0.6 is 12.4 Å². The Balaban J connectivity index is 0.00000304. The van der Waals surface area contributed by atoms with Gasteiger partial charge in [-0.25, -0.2) is 4.98 Å². The minimum atomic E-state index is -4.52. The van der Waals surface area contributed by atoms with Crippen LogP contribution in [0.1, 0.15) is 38.8 Å². The number of pyridine rings is 2. The topological polar surface area (TPSA) is 75.8 Å². The van der Waals surface area contributed by atoms with Crippen LogP contribution in [0.25, 0.3) is 28.1 Å². The first-order chi connectivity index (χ1) is 16.5. The average molecular weight is 522 g/mol. The minimum Gasteiger partial charge on any atom is -0.489 e. The molecule has 11 heteroatoms. The molecule has 1 saturated heterocycles. The van der Waals surface area contributed by atoms with Gasteiger partial charge in [0.1, 0.15) is 23.0 Å². The molecule has 1 fully saturated rings. The van der Waals surface area contributed by atoms with Crippen LogP contribution in [0.4, 0.5) is 13.2 Å². The predicted octanol–water partition coefficient (Wildman–Crippen LogP) is 5.21. The van der Waals surface area contributed by atoms with Gasteiger partial charge in [0, 0.05) is 24.7 Å². The van der Waals surface area contributed by atoms with Gasteiger partial charge in [-0.05, 0) is 51.0 Å². The third-order valence-electron chi connectivity index (χ3n) is 6.17. The molecule has 4 heterocycles. The largest absolute Gasteiger partial charge is 0.489 e. The molecule has 3 aromatic heterocycles. The number of para-hydroxylation sites is 1. The van der Waals surface area contributed by atoms with Gasteiger partial charge in [-0.3, -0.25) is 9.30 Å². The number of likely N-dealkylation sites (tertiary alicyclic amines) is 1. The van der Waals surface area contributed by atoms with E-state index in [0.29, 0.717) is 28.4 Å². The number of aliphatic hydroxyl groups is 1. The number of β-amino-alcohol motifs (C(OH)–C–C–N with tert-alkyl or cyclic N) is 1. The first-order valence-corrected chi connectivity index (χ1v) is 11.5. The Bertz CT molecular complexity index is 1390. The third-order valence-corrected chi connectivity index (χ3v) is 6.17. The molecule has 36 heavy (non-hydrogen) atoms. The number of rotatable bonds is 5. The van der Waals surface area contributed by atoms with E-state index >= 15 is 0 Å². The van der Waals surface area contributed by atoms with Crippen molar-refractivity contribution >= 4 is 29.0 Å². The summed E-state index contributed by atoms with van der Waals surface area (Å²) in [5.41, 5.74) is 0.411. The second-order valence-corrected chi connectivity index (χ2v) is 9.57. The summed E-state index contributed by atoms with van der Waals surface area (Å²) in [6.45, 7) is 5.49. The van der Waals surface area contributed by atoms with Gasteiger partial charge in [-0.1, -0.05) is 24.3 Å². The summed E-state index contributed by atoms with van der Waals surface area (Å²) in [5, 5.41) is 19.5.